The summed E-state index contributed by atoms with van der Waals surface area (Å²) in [6, 6.07) is 6.86. The van der Waals surface area contributed by atoms with E-state index in [-0.39, 0.29) is 23.3 Å². The second-order valence-electron chi connectivity index (χ2n) is 7.13. The molecule has 0 saturated carbocycles. The molecule has 0 fully saturated rings. The van der Waals surface area contributed by atoms with Crippen LogP contribution in [0.3, 0.4) is 0 Å². The van der Waals surface area contributed by atoms with Gasteiger partial charge in [0.1, 0.15) is 17.9 Å². The van der Waals surface area contributed by atoms with Crippen molar-refractivity contribution in [3.63, 3.8) is 0 Å². The Morgan fingerprint density at radius 3 is 2.33 bits per heavy atom. The lowest BCUT2D eigenvalue weighted by Gasteiger charge is -2.23. The van der Waals surface area contributed by atoms with Gasteiger partial charge in [-0.05, 0) is 52.0 Å². The van der Waals surface area contributed by atoms with Crippen molar-refractivity contribution < 1.29 is 18.3 Å². The molecule has 3 rings (SSSR count). The van der Waals surface area contributed by atoms with E-state index in [0.29, 0.717) is 35.4 Å². The molecule has 1 aromatic carbocycles. The van der Waals surface area contributed by atoms with E-state index in [1.54, 1.807) is 35.2 Å². The second kappa shape index (κ2) is 9.31. The Bertz CT molecular complexity index is 1040. The first kappa shape index (κ1) is 22.5. The number of ether oxygens (including phenoxy) is 1. The number of benzene rings is 1. The summed E-state index contributed by atoms with van der Waals surface area (Å²) in [5.41, 5.74) is 6.69. The van der Waals surface area contributed by atoms with Gasteiger partial charge in [0.05, 0.1) is 30.4 Å². The summed E-state index contributed by atoms with van der Waals surface area (Å²) in [4.78, 5) is 12.3. The maximum Gasteiger partial charge on any atom is 0.361 e. The van der Waals surface area contributed by atoms with Crippen LogP contribution in [0.5, 0.6) is 5.75 Å². The Hall–Kier alpha value is -2.19. The molecule has 0 atom stereocenters. The third-order valence-electron chi connectivity index (χ3n) is 3.89. The Labute approximate surface area is 180 Å². The molecule has 0 unspecified atom stereocenters. The Balaban J connectivity index is 1.67. The average molecular weight is 454 g/mol. The van der Waals surface area contributed by atoms with Crippen LogP contribution in [0, 0.1) is 0 Å². The molecule has 0 bridgehead atoms. The number of rotatable bonds is 9. The van der Waals surface area contributed by atoms with Crippen molar-refractivity contribution in [2.24, 2.45) is 0 Å². The van der Waals surface area contributed by atoms with E-state index in [9.17, 15) is 4.57 Å². The van der Waals surface area contributed by atoms with Gasteiger partial charge in [-0.1, -0.05) is 11.6 Å². The van der Waals surface area contributed by atoms with Crippen LogP contribution in [0.1, 0.15) is 27.7 Å². The van der Waals surface area contributed by atoms with Crippen LogP contribution >= 0.6 is 19.2 Å². The molecule has 162 valence electrons. The summed E-state index contributed by atoms with van der Waals surface area (Å²) in [5.74, 6) is 0.707. The SMILES string of the molecule is CC(C)OP(=O)(OC(C)C)c1ccc(OCCn2cnc3c(Cl)nc(N)nc32)cc1. The van der Waals surface area contributed by atoms with Gasteiger partial charge in [-0.25, -0.2) is 4.98 Å². The fourth-order valence-electron chi connectivity index (χ4n) is 2.78. The molecule has 0 spiro atoms. The summed E-state index contributed by atoms with van der Waals surface area (Å²) in [6.45, 7) is 8.11. The molecule has 0 aliphatic heterocycles. The van der Waals surface area contributed by atoms with Crippen LogP contribution in [0.4, 0.5) is 5.95 Å². The van der Waals surface area contributed by atoms with E-state index in [1.165, 1.54) is 0 Å². The minimum absolute atomic E-state index is 0.0856. The van der Waals surface area contributed by atoms with E-state index in [2.05, 4.69) is 15.0 Å². The quantitative estimate of drug-likeness (QED) is 0.384. The van der Waals surface area contributed by atoms with E-state index in [4.69, 9.17) is 31.1 Å². The Morgan fingerprint density at radius 1 is 1.10 bits per heavy atom. The van der Waals surface area contributed by atoms with Gasteiger partial charge in [0.15, 0.2) is 10.8 Å². The fourth-order valence-corrected chi connectivity index (χ4v) is 4.92. The normalized spacial score (nSPS) is 12.2. The summed E-state index contributed by atoms with van der Waals surface area (Å²) in [7, 11) is -3.41. The third kappa shape index (κ3) is 5.29. The fraction of sp³-hybridized carbons (Fsp3) is 0.421. The van der Waals surface area contributed by atoms with Crippen molar-refractivity contribution in [2.75, 3.05) is 12.3 Å². The van der Waals surface area contributed by atoms with E-state index < -0.39 is 7.60 Å². The zero-order chi connectivity index (χ0) is 21.9. The van der Waals surface area contributed by atoms with Gasteiger partial charge in [-0.3, -0.25) is 4.57 Å². The highest BCUT2D eigenvalue weighted by Crippen LogP contribution is 2.49. The molecule has 2 heterocycles. The second-order valence-corrected chi connectivity index (χ2v) is 9.42. The van der Waals surface area contributed by atoms with Crippen molar-refractivity contribution >= 4 is 41.6 Å². The van der Waals surface area contributed by atoms with Crippen LogP contribution in [-0.2, 0) is 20.2 Å². The lowest BCUT2D eigenvalue weighted by atomic mass is 10.3. The summed E-state index contributed by atoms with van der Waals surface area (Å²) in [5, 5.41) is 0.698. The molecule has 30 heavy (non-hydrogen) atoms. The number of anilines is 1. The van der Waals surface area contributed by atoms with Crippen LogP contribution in [-0.4, -0.2) is 38.3 Å². The summed E-state index contributed by atoms with van der Waals surface area (Å²) >= 11 is 6.04. The van der Waals surface area contributed by atoms with Crippen molar-refractivity contribution in [2.45, 2.75) is 46.4 Å². The van der Waals surface area contributed by atoms with E-state index in [0.717, 1.165) is 0 Å². The molecule has 0 aliphatic rings. The van der Waals surface area contributed by atoms with Crippen LogP contribution in [0.2, 0.25) is 5.15 Å². The maximum atomic E-state index is 13.2. The number of nitrogen functional groups attached to an aromatic ring is 1. The van der Waals surface area contributed by atoms with Gasteiger partial charge in [0.2, 0.25) is 5.95 Å². The molecule has 0 radical (unpaired) electrons. The molecule has 3 aromatic rings. The van der Waals surface area contributed by atoms with Gasteiger partial charge in [0.25, 0.3) is 0 Å². The van der Waals surface area contributed by atoms with Crippen molar-refractivity contribution in [1.82, 2.24) is 19.5 Å². The number of fused-ring (bicyclic) bond motifs is 1. The molecular formula is C19H25ClN5O4P. The molecule has 0 saturated heterocycles. The topological polar surface area (TPSA) is 114 Å². The number of halogens is 1. The number of hydrogen-bond donors (Lipinski definition) is 1. The van der Waals surface area contributed by atoms with Crippen molar-refractivity contribution in [3.05, 3.63) is 35.7 Å². The van der Waals surface area contributed by atoms with Gasteiger partial charge < -0.3 is 24.1 Å². The molecule has 9 nitrogen and oxygen atoms in total. The average Bonchev–Trinajstić information content (AvgIpc) is 3.04. The first-order valence-electron chi connectivity index (χ1n) is 9.52. The molecule has 11 heteroatoms. The van der Waals surface area contributed by atoms with E-state index >= 15 is 0 Å². The van der Waals surface area contributed by atoms with Crippen molar-refractivity contribution in [1.29, 1.82) is 0 Å². The number of nitrogens with two attached hydrogens (primary N) is 1. The van der Waals surface area contributed by atoms with Gasteiger partial charge in [0, 0.05) is 0 Å². The minimum atomic E-state index is -3.41. The largest absolute Gasteiger partial charge is 0.492 e. The first-order valence-corrected chi connectivity index (χ1v) is 11.4. The smallest absolute Gasteiger partial charge is 0.361 e. The molecule has 0 aliphatic carbocycles. The molecule has 0 amide bonds. The zero-order valence-corrected chi connectivity index (χ0v) is 18.9. The van der Waals surface area contributed by atoms with Crippen LogP contribution in [0.15, 0.2) is 30.6 Å². The lowest BCUT2D eigenvalue weighted by molar-refractivity contribution is 0.150. The minimum Gasteiger partial charge on any atom is -0.492 e. The maximum absolute atomic E-state index is 13.2. The number of hydrogen-bond acceptors (Lipinski definition) is 8. The third-order valence-corrected chi connectivity index (χ3v) is 6.48. The molecule has 2 N–H and O–H groups in total. The zero-order valence-electron chi connectivity index (χ0n) is 17.3. The van der Waals surface area contributed by atoms with E-state index in [1.807, 2.05) is 27.7 Å². The Morgan fingerprint density at radius 2 is 1.73 bits per heavy atom. The lowest BCUT2D eigenvalue weighted by Crippen LogP contribution is -2.17. The number of nitrogens with zero attached hydrogens (tertiary/aromatic N) is 4. The van der Waals surface area contributed by atoms with Crippen LogP contribution < -0.4 is 15.8 Å². The van der Waals surface area contributed by atoms with Crippen molar-refractivity contribution in [3.8, 4) is 5.75 Å². The predicted molar refractivity (Wildman–Crippen MR) is 116 cm³/mol. The molecular weight excluding hydrogens is 429 g/mol. The summed E-state index contributed by atoms with van der Waals surface area (Å²) in [6.07, 6.45) is 1.14. The monoisotopic (exact) mass is 453 g/mol. The highest BCUT2D eigenvalue weighted by Gasteiger charge is 2.30. The number of imidazole rings is 1. The van der Waals surface area contributed by atoms with Crippen LogP contribution in [0.25, 0.3) is 11.2 Å². The highest BCUT2D eigenvalue weighted by atomic mass is 35.5. The van der Waals surface area contributed by atoms with Gasteiger partial charge >= 0.3 is 7.60 Å². The first-order chi connectivity index (χ1) is 14.2. The highest BCUT2D eigenvalue weighted by molar-refractivity contribution is 7.62. The summed E-state index contributed by atoms with van der Waals surface area (Å²) < 4.78 is 32.0. The number of aromatic nitrogens is 4. The standard InChI is InChI=1S/C19H25ClN5O4P/c1-12(2)28-30(26,29-13(3)4)15-7-5-14(6-8-15)27-10-9-25-11-22-16-17(20)23-19(21)24-18(16)25/h5-8,11-13H,9-10H2,1-4H3,(H2,21,23,24). The Kier molecular flexibility index (Phi) is 6.98. The predicted octanol–water partition coefficient (Wildman–Crippen LogP) is 3.81. The van der Waals surface area contributed by atoms with Gasteiger partial charge in [-0.15, -0.1) is 0 Å². The molecule has 2 aromatic heterocycles. The van der Waals surface area contributed by atoms with Gasteiger partial charge in [-0.2, -0.15) is 9.97 Å².